The summed E-state index contributed by atoms with van der Waals surface area (Å²) in [6, 6.07) is 22.5. The Kier molecular flexibility index (Phi) is 5.40. The SMILES string of the molecule is CC(=O)Nc1ccccc1-c1nc2ccccc2nc1OCc1ccc(Cl)cc1. The van der Waals surface area contributed by atoms with Gasteiger partial charge in [-0.05, 0) is 35.9 Å². The third-order valence-corrected chi connectivity index (χ3v) is 4.57. The number of halogens is 1. The van der Waals surface area contributed by atoms with Crippen molar-refractivity contribution in [3.8, 4) is 17.1 Å². The smallest absolute Gasteiger partial charge is 0.241 e. The van der Waals surface area contributed by atoms with Gasteiger partial charge < -0.3 is 10.1 Å². The summed E-state index contributed by atoms with van der Waals surface area (Å²) < 4.78 is 6.06. The second kappa shape index (κ2) is 8.29. The van der Waals surface area contributed by atoms with Crippen molar-refractivity contribution in [2.24, 2.45) is 0 Å². The summed E-state index contributed by atoms with van der Waals surface area (Å²) in [6.07, 6.45) is 0. The number of anilines is 1. The van der Waals surface area contributed by atoms with Crippen LogP contribution in [0.5, 0.6) is 5.88 Å². The maximum Gasteiger partial charge on any atom is 0.241 e. The van der Waals surface area contributed by atoms with Gasteiger partial charge in [-0.3, -0.25) is 4.79 Å². The summed E-state index contributed by atoms with van der Waals surface area (Å²) in [6.45, 7) is 1.79. The number of aromatic nitrogens is 2. The Hall–Kier alpha value is -3.44. The molecule has 0 bridgehead atoms. The van der Waals surface area contributed by atoms with Crippen molar-refractivity contribution in [1.29, 1.82) is 0 Å². The molecular weight excluding hydrogens is 386 g/mol. The Bertz CT molecular complexity index is 1180. The van der Waals surface area contributed by atoms with E-state index in [1.54, 1.807) is 0 Å². The van der Waals surface area contributed by atoms with Crippen molar-refractivity contribution >= 4 is 34.2 Å². The number of amides is 1. The van der Waals surface area contributed by atoms with Crippen LogP contribution in [0.15, 0.2) is 72.8 Å². The van der Waals surface area contributed by atoms with E-state index in [1.807, 2.05) is 72.8 Å². The molecule has 1 heterocycles. The molecule has 0 aliphatic carbocycles. The lowest BCUT2D eigenvalue weighted by Gasteiger charge is -2.14. The molecule has 6 heteroatoms. The van der Waals surface area contributed by atoms with Crippen LogP contribution in [0, 0.1) is 0 Å². The number of rotatable bonds is 5. The Morgan fingerprint density at radius 3 is 2.31 bits per heavy atom. The van der Waals surface area contributed by atoms with Crippen LogP contribution in [0.25, 0.3) is 22.3 Å². The summed E-state index contributed by atoms with van der Waals surface area (Å²) in [5, 5.41) is 3.52. The number of para-hydroxylation sites is 3. The molecule has 1 N–H and O–H groups in total. The molecule has 0 saturated heterocycles. The number of hydrogen-bond donors (Lipinski definition) is 1. The van der Waals surface area contributed by atoms with Crippen molar-refractivity contribution in [3.05, 3.63) is 83.4 Å². The highest BCUT2D eigenvalue weighted by Crippen LogP contribution is 2.34. The molecule has 0 aliphatic heterocycles. The van der Waals surface area contributed by atoms with E-state index in [-0.39, 0.29) is 5.91 Å². The molecule has 0 saturated carbocycles. The highest BCUT2D eigenvalue weighted by molar-refractivity contribution is 6.30. The van der Waals surface area contributed by atoms with Crippen LogP contribution >= 0.6 is 11.6 Å². The minimum Gasteiger partial charge on any atom is -0.471 e. The molecule has 4 aromatic rings. The van der Waals surface area contributed by atoms with Crippen LogP contribution < -0.4 is 10.1 Å². The maximum atomic E-state index is 11.6. The van der Waals surface area contributed by atoms with Crippen molar-refractivity contribution in [3.63, 3.8) is 0 Å². The van der Waals surface area contributed by atoms with Crippen molar-refractivity contribution in [2.75, 3.05) is 5.32 Å². The molecule has 29 heavy (non-hydrogen) atoms. The first kappa shape index (κ1) is 18.9. The number of hydrogen-bond acceptors (Lipinski definition) is 4. The third-order valence-electron chi connectivity index (χ3n) is 4.32. The number of ether oxygens (including phenoxy) is 1. The number of carbonyl (C=O) groups is 1. The van der Waals surface area contributed by atoms with Crippen LogP contribution in [-0.2, 0) is 11.4 Å². The van der Waals surface area contributed by atoms with Gasteiger partial charge in [-0.15, -0.1) is 0 Å². The van der Waals surface area contributed by atoms with Crippen LogP contribution in [0.1, 0.15) is 12.5 Å². The highest BCUT2D eigenvalue weighted by Gasteiger charge is 2.16. The van der Waals surface area contributed by atoms with E-state index in [9.17, 15) is 4.79 Å². The molecular formula is C23H18ClN3O2. The molecule has 0 fully saturated rings. The highest BCUT2D eigenvalue weighted by atomic mass is 35.5. The molecule has 0 unspecified atom stereocenters. The topological polar surface area (TPSA) is 64.1 Å². The van der Waals surface area contributed by atoms with Crippen molar-refractivity contribution in [1.82, 2.24) is 9.97 Å². The normalized spacial score (nSPS) is 10.7. The van der Waals surface area contributed by atoms with Gasteiger partial charge in [0, 0.05) is 17.5 Å². The first-order valence-corrected chi connectivity index (χ1v) is 9.49. The van der Waals surface area contributed by atoms with Crippen LogP contribution in [0.3, 0.4) is 0 Å². The van der Waals surface area contributed by atoms with E-state index in [4.69, 9.17) is 21.3 Å². The fraction of sp³-hybridized carbons (Fsp3) is 0.0870. The van der Waals surface area contributed by atoms with E-state index < -0.39 is 0 Å². The van der Waals surface area contributed by atoms with E-state index in [0.29, 0.717) is 28.9 Å². The van der Waals surface area contributed by atoms with Gasteiger partial charge in [0.15, 0.2) is 0 Å². The minimum atomic E-state index is -0.158. The first-order valence-electron chi connectivity index (χ1n) is 9.11. The molecule has 0 radical (unpaired) electrons. The number of benzene rings is 3. The van der Waals surface area contributed by atoms with Gasteiger partial charge in [-0.25, -0.2) is 9.97 Å². The standard InChI is InChI=1S/C23H18ClN3O2/c1-15(28)25-19-7-3-2-6-18(19)22-23(27-21-9-5-4-8-20(21)26-22)29-14-16-10-12-17(24)13-11-16/h2-13H,14H2,1H3,(H,25,28). The molecule has 0 aliphatic rings. The van der Waals surface area contributed by atoms with E-state index >= 15 is 0 Å². The predicted octanol–water partition coefficient (Wildman–Crippen LogP) is 5.49. The lowest BCUT2D eigenvalue weighted by molar-refractivity contribution is -0.114. The minimum absolute atomic E-state index is 0.158. The van der Waals surface area contributed by atoms with Gasteiger partial charge >= 0.3 is 0 Å². The van der Waals surface area contributed by atoms with Gasteiger partial charge in [-0.2, -0.15) is 0 Å². The van der Waals surface area contributed by atoms with Gasteiger partial charge in [0.1, 0.15) is 12.3 Å². The Morgan fingerprint density at radius 2 is 1.59 bits per heavy atom. The van der Waals surface area contributed by atoms with Crippen molar-refractivity contribution in [2.45, 2.75) is 13.5 Å². The number of nitrogens with one attached hydrogen (secondary N) is 1. The van der Waals surface area contributed by atoms with Gasteiger partial charge in [0.2, 0.25) is 11.8 Å². The zero-order chi connectivity index (χ0) is 20.2. The van der Waals surface area contributed by atoms with E-state index in [2.05, 4.69) is 10.3 Å². The third kappa shape index (κ3) is 4.36. The summed E-state index contributed by atoms with van der Waals surface area (Å²) in [5.41, 5.74) is 4.42. The quantitative estimate of drug-likeness (QED) is 0.478. The molecule has 1 amide bonds. The van der Waals surface area contributed by atoms with Crippen LogP contribution in [0.4, 0.5) is 5.69 Å². The molecule has 4 rings (SSSR count). The van der Waals surface area contributed by atoms with Crippen molar-refractivity contribution < 1.29 is 9.53 Å². The fourth-order valence-corrected chi connectivity index (χ4v) is 3.11. The number of carbonyl (C=O) groups excluding carboxylic acids is 1. The monoisotopic (exact) mass is 403 g/mol. The van der Waals surface area contributed by atoms with Gasteiger partial charge in [0.25, 0.3) is 0 Å². The van der Waals surface area contributed by atoms with Crippen LogP contribution in [-0.4, -0.2) is 15.9 Å². The summed E-state index contributed by atoms with van der Waals surface area (Å²) >= 11 is 5.96. The molecule has 5 nitrogen and oxygen atoms in total. The number of fused-ring (bicyclic) bond motifs is 1. The summed E-state index contributed by atoms with van der Waals surface area (Å²) in [7, 11) is 0. The first-order chi connectivity index (χ1) is 14.1. The Balaban J connectivity index is 1.78. The van der Waals surface area contributed by atoms with E-state index in [0.717, 1.165) is 22.2 Å². The van der Waals surface area contributed by atoms with Crippen LogP contribution in [0.2, 0.25) is 5.02 Å². The molecule has 1 aromatic heterocycles. The average Bonchev–Trinajstić information content (AvgIpc) is 2.73. The second-order valence-electron chi connectivity index (χ2n) is 6.51. The molecule has 3 aromatic carbocycles. The summed E-state index contributed by atoms with van der Waals surface area (Å²) in [5.74, 6) is 0.242. The second-order valence-corrected chi connectivity index (χ2v) is 6.94. The van der Waals surface area contributed by atoms with Gasteiger partial charge in [0.05, 0.1) is 16.7 Å². The molecule has 144 valence electrons. The Morgan fingerprint density at radius 1 is 0.931 bits per heavy atom. The molecule has 0 atom stereocenters. The zero-order valence-electron chi connectivity index (χ0n) is 15.7. The molecule has 0 spiro atoms. The zero-order valence-corrected chi connectivity index (χ0v) is 16.5. The van der Waals surface area contributed by atoms with E-state index in [1.165, 1.54) is 6.92 Å². The average molecular weight is 404 g/mol. The predicted molar refractivity (Wildman–Crippen MR) is 115 cm³/mol. The number of nitrogens with zero attached hydrogens (tertiary/aromatic N) is 2. The fourth-order valence-electron chi connectivity index (χ4n) is 2.98. The lowest BCUT2D eigenvalue weighted by Crippen LogP contribution is -2.08. The summed E-state index contributed by atoms with van der Waals surface area (Å²) in [4.78, 5) is 21.1. The largest absolute Gasteiger partial charge is 0.471 e. The van der Waals surface area contributed by atoms with Gasteiger partial charge in [-0.1, -0.05) is 54.1 Å². The lowest BCUT2D eigenvalue weighted by atomic mass is 10.1. The Labute approximate surface area is 173 Å². The maximum absolute atomic E-state index is 11.6.